The van der Waals surface area contributed by atoms with Crippen molar-refractivity contribution in [2.45, 2.75) is 38.8 Å². The minimum atomic E-state index is -0.494. The topological polar surface area (TPSA) is 50.7 Å². The number of aliphatic hydroxyl groups excluding tert-OH is 1. The Morgan fingerprint density at radius 2 is 1.81 bits per heavy atom. The molecule has 1 aromatic rings. The Balaban J connectivity index is 2.02. The van der Waals surface area contributed by atoms with Gasteiger partial charge in [0.25, 0.3) is 0 Å². The van der Waals surface area contributed by atoms with Crippen LogP contribution in [0.3, 0.4) is 0 Å². The zero-order valence-electron chi connectivity index (χ0n) is 13.3. The second-order valence-electron chi connectivity index (χ2n) is 5.24. The van der Waals surface area contributed by atoms with E-state index in [1.807, 2.05) is 18.2 Å². The van der Waals surface area contributed by atoms with Crippen LogP contribution < -0.4 is 5.32 Å². The highest BCUT2D eigenvalue weighted by molar-refractivity contribution is 5.17. The van der Waals surface area contributed by atoms with Gasteiger partial charge in [0.05, 0.1) is 25.9 Å². The molecule has 4 heteroatoms. The Labute approximate surface area is 128 Å². The van der Waals surface area contributed by atoms with Crippen molar-refractivity contribution in [3.05, 3.63) is 35.9 Å². The van der Waals surface area contributed by atoms with Crippen LogP contribution in [0, 0.1) is 0 Å². The van der Waals surface area contributed by atoms with Crippen LogP contribution in [0.2, 0.25) is 0 Å². The second kappa shape index (κ2) is 11.7. The van der Waals surface area contributed by atoms with Gasteiger partial charge in [0, 0.05) is 19.2 Å². The number of nitrogens with one attached hydrogen (secondary N) is 1. The summed E-state index contributed by atoms with van der Waals surface area (Å²) in [5, 5.41) is 13.2. The van der Waals surface area contributed by atoms with Gasteiger partial charge in [-0.15, -0.1) is 0 Å². The van der Waals surface area contributed by atoms with E-state index in [-0.39, 0.29) is 6.04 Å². The van der Waals surface area contributed by atoms with Crippen LogP contribution in [0.5, 0.6) is 0 Å². The largest absolute Gasteiger partial charge is 0.389 e. The van der Waals surface area contributed by atoms with Gasteiger partial charge in [-0.25, -0.2) is 0 Å². The summed E-state index contributed by atoms with van der Waals surface area (Å²) in [4.78, 5) is 0. The normalized spacial score (nSPS) is 14.0. The standard InChI is InChI=1S/C17H29NO3/c1-3-4-10-20-11-12-21-14-17(19)13-18-15(2)16-8-6-5-7-9-16/h5-9,15,17-19H,3-4,10-14H2,1-2H3/t15-,17?/m0/s1. The molecule has 0 radical (unpaired) electrons. The number of hydrogen-bond donors (Lipinski definition) is 2. The van der Waals surface area contributed by atoms with E-state index in [4.69, 9.17) is 9.47 Å². The summed E-state index contributed by atoms with van der Waals surface area (Å²) >= 11 is 0. The molecule has 0 saturated heterocycles. The van der Waals surface area contributed by atoms with Crippen molar-refractivity contribution in [3.63, 3.8) is 0 Å². The highest BCUT2D eigenvalue weighted by Gasteiger charge is 2.08. The van der Waals surface area contributed by atoms with E-state index in [0.29, 0.717) is 26.4 Å². The average molecular weight is 295 g/mol. The zero-order valence-corrected chi connectivity index (χ0v) is 13.3. The van der Waals surface area contributed by atoms with E-state index in [2.05, 4.69) is 31.3 Å². The Kier molecular flexibility index (Phi) is 10.1. The maximum Gasteiger partial charge on any atom is 0.0897 e. The second-order valence-corrected chi connectivity index (χ2v) is 5.24. The fourth-order valence-corrected chi connectivity index (χ4v) is 1.92. The molecule has 1 aromatic carbocycles. The lowest BCUT2D eigenvalue weighted by Crippen LogP contribution is -2.32. The molecule has 0 aliphatic heterocycles. The van der Waals surface area contributed by atoms with Crippen LogP contribution in [-0.2, 0) is 9.47 Å². The highest BCUT2D eigenvalue weighted by atomic mass is 16.5. The van der Waals surface area contributed by atoms with Crippen LogP contribution in [-0.4, -0.2) is 44.2 Å². The molecule has 120 valence electrons. The molecular weight excluding hydrogens is 266 g/mol. The summed E-state index contributed by atoms with van der Waals surface area (Å²) in [5.74, 6) is 0. The third-order valence-corrected chi connectivity index (χ3v) is 3.28. The molecular formula is C17H29NO3. The monoisotopic (exact) mass is 295 g/mol. The average Bonchev–Trinajstić information content (AvgIpc) is 2.52. The number of benzene rings is 1. The number of rotatable bonds is 12. The number of ether oxygens (including phenoxy) is 2. The lowest BCUT2D eigenvalue weighted by atomic mass is 10.1. The Hall–Kier alpha value is -0.940. The summed E-state index contributed by atoms with van der Waals surface area (Å²) < 4.78 is 10.8. The molecule has 4 nitrogen and oxygen atoms in total. The Morgan fingerprint density at radius 1 is 1.10 bits per heavy atom. The molecule has 0 heterocycles. The molecule has 0 aromatic heterocycles. The summed E-state index contributed by atoms with van der Waals surface area (Å²) in [5.41, 5.74) is 1.22. The number of hydrogen-bond acceptors (Lipinski definition) is 4. The molecule has 2 N–H and O–H groups in total. The first-order valence-corrected chi connectivity index (χ1v) is 7.86. The predicted octanol–water partition coefficient (Wildman–Crippen LogP) is 2.53. The summed E-state index contributed by atoms with van der Waals surface area (Å²) in [6.07, 6.45) is 1.74. The molecule has 0 saturated carbocycles. The lowest BCUT2D eigenvalue weighted by molar-refractivity contribution is 0.00332. The number of unbranched alkanes of at least 4 members (excludes halogenated alkanes) is 1. The van der Waals surface area contributed by atoms with Crippen molar-refractivity contribution >= 4 is 0 Å². The third-order valence-electron chi connectivity index (χ3n) is 3.28. The fraction of sp³-hybridized carbons (Fsp3) is 0.647. The molecule has 0 spiro atoms. The molecule has 21 heavy (non-hydrogen) atoms. The molecule has 0 aliphatic rings. The molecule has 0 fully saturated rings. The molecule has 0 amide bonds. The molecule has 1 rings (SSSR count). The van der Waals surface area contributed by atoms with E-state index < -0.39 is 6.10 Å². The van der Waals surface area contributed by atoms with Crippen LogP contribution in [0.4, 0.5) is 0 Å². The minimum Gasteiger partial charge on any atom is -0.389 e. The van der Waals surface area contributed by atoms with Crippen LogP contribution in [0.1, 0.15) is 38.3 Å². The highest BCUT2D eigenvalue weighted by Crippen LogP contribution is 2.10. The van der Waals surface area contributed by atoms with Gasteiger partial charge in [0.2, 0.25) is 0 Å². The van der Waals surface area contributed by atoms with Gasteiger partial charge in [0.15, 0.2) is 0 Å². The van der Waals surface area contributed by atoms with Crippen molar-refractivity contribution in [1.29, 1.82) is 0 Å². The predicted molar refractivity (Wildman–Crippen MR) is 85.4 cm³/mol. The first-order valence-electron chi connectivity index (χ1n) is 7.86. The van der Waals surface area contributed by atoms with Gasteiger partial charge in [-0.3, -0.25) is 0 Å². The number of aliphatic hydroxyl groups is 1. The maximum absolute atomic E-state index is 9.86. The molecule has 2 atom stereocenters. The van der Waals surface area contributed by atoms with Crippen LogP contribution >= 0.6 is 0 Å². The quantitative estimate of drug-likeness (QED) is 0.582. The van der Waals surface area contributed by atoms with Crippen molar-refractivity contribution < 1.29 is 14.6 Å². The van der Waals surface area contributed by atoms with Gasteiger partial charge in [-0.2, -0.15) is 0 Å². The summed E-state index contributed by atoms with van der Waals surface area (Å²) in [6.45, 7) is 7.01. The van der Waals surface area contributed by atoms with Gasteiger partial charge in [-0.05, 0) is 18.9 Å². The first-order chi connectivity index (χ1) is 10.2. The lowest BCUT2D eigenvalue weighted by Gasteiger charge is -2.17. The fourth-order valence-electron chi connectivity index (χ4n) is 1.92. The molecule has 0 bridgehead atoms. The van der Waals surface area contributed by atoms with Crippen molar-refractivity contribution in [2.75, 3.05) is 33.0 Å². The van der Waals surface area contributed by atoms with Gasteiger partial charge in [-0.1, -0.05) is 43.7 Å². The SMILES string of the molecule is CCCCOCCOCC(O)CN[C@@H](C)c1ccccc1. The smallest absolute Gasteiger partial charge is 0.0897 e. The molecule has 1 unspecified atom stereocenters. The maximum atomic E-state index is 9.86. The Bertz CT molecular complexity index is 345. The zero-order chi connectivity index (χ0) is 15.3. The van der Waals surface area contributed by atoms with Crippen molar-refractivity contribution in [2.24, 2.45) is 0 Å². The van der Waals surface area contributed by atoms with Gasteiger partial charge < -0.3 is 19.9 Å². The molecule has 0 aliphatic carbocycles. The van der Waals surface area contributed by atoms with E-state index in [0.717, 1.165) is 19.4 Å². The van der Waals surface area contributed by atoms with E-state index >= 15 is 0 Å². The first kappa shape index (κ1) is 18.1. The van der Waals surface area contributed by atoms with Crippen molar-refractivity contribution in [1.82, 2.24) is 5.32 Å². The Morgan fingerprint density at radius 3 is 2.52 bits per heavy atom. The van der Waals surface area contributed by atoms with Gasteiger partial charge in [0.1, 0.15) is 0 Å². The van der Waals surface area contributed by atoms with E-state index in [1.54, 1.807) is 0 Å². The van der Waals surface area contributed by atoms with Crippen LogP contribution in [0.25, 0.3) is 0 Å². The third kappa shape index (κ3) is 8.83. The summed E-state index contributed by atoms with van der Waals surface area (Å²) in [6, 6.07) is 10.4. The minimum absolute atomic E-state index is 0.221. The van der Waals surface area contributed by atoms with E-state index in [1.165, 1.54) is 5.56 Å². The summed E-state index contributed by atoms with van der Waals surface area (Å²) in [7, 11) is 0. The van der Waals surface area contributed by atoms with Gasteiger partial charge >= 0.3 is 0 Å². The van der Waals surface area contributed by atoms with Crippen LogP contribution in [0.15, 0.2) is 30.3 Å². The van der Waals surface area contributed by atoms with Crippen molar-refractivity contribution in [3.8, 4) is 0 Å². The van der Waals surface area contributed by atoms with E-state index in [9.17, 15) is 5.11 Å².